The van der Waals surface area contributed by atoms with E-state index in [0.717, 1.165) is 36.1 Å². The number of aryl methyl sites for hydroxylation is 1. The molecule has 0 saturated heterocycles. The molecule has 1 aliphatic carbocycles. The summed E-state index contributed by atoms with van der Waals surface area (Å²) in [6.45, 7) is 14.5. The lowest BCUT2D eigenvalue weighted by molar-refractivity contribution is -0.123. The summed E-state index contributed by atoms with van der Waals surface area (Å²) in [6.07, 6.45) is 2.89. The summed E-state index contributed by atoms with van der Waals surface area (Å²) in [5, 5.41) is 6.78. The maximum atomic E-state index is 13.3. The van der Waals surface area contributed by atoms with Crippen molar-refractivity contribution in [1.82, 2.24) is 0 Å². The summed E-state index contributed by atoms with van der Waals surface area (Å²) < 4.78 is 0. The van der Waals surface area contributed by atoms with Crippen LogP contribution in [0, 0.1) is 23.7 Å². The van der Waals surface area contributed by atoms with Crippen LogP contribution in [0.4, 0.5) is 10.7 Å². The van der Waals surface area contributed by atoms with E-state index in [9.17, 15) is 9.59 Å². The van der Waals surface area contributed by atoms with Crippen LogP contribution in [0.1, 0.15) is 74.3 Å². The molecular formula is C25H34N2O2S. The zero-order valence-electron chi connectivity index (χ0n) is 19.2. The number of benzene rings is 1. The van der Waals surface area contributed by atoms with Gasteiger partial charge in [-0.2, -0.15) is 0 Å². The van der Waals surface area contributed by atoms with E-state index >= 15 is 0 Å². The van der Waals surface area contributed by atoms with Crippen molar-refractivity contribution in [2.24, 2.45) is 16.7 Å². The van der Waals surface area contributed by atoms with Gasteiger partial charge in [0.05, 0.1) is 5.56 Å². The maximum absolute atomic E-state index is 13.3. The molecule has 2 N–H and O–H groups in total. The number of carbonyl (C=O) groups is 2. The molecule has 0 saturated carbocycles. The molecule has 0 spiro atoms. The van der Waals surface area contributed by atoms with Crippen molar-refractivity contribution in [1.29, 1.82) is 0 Å². The fraction of sp³-hybridized carbons (Fsp3) is 0.520. The van der Waals surface area contributed by atoms with Gasteiger partial charge in [-0.05, 0) is 60.8 Å². The second-order valence-electron chi connectivity index (χ2n) is 10.5. The van der Waals surface area contributed by atoms with Gasteiger partial charge in [-0.25, -0.2) is 0 Å². The molecular weight excluding hydrogens is 392 g/mol. The van der Waals surface area contributed by atoms with Gasteiger partial charge in [0.25, 0.3) is 5.91 Å². The molecule has 1 aromatic heterocycles. The van der Waals surface area contributed by atoms with Crippen molar-refractivity contribution >= 4 is 33.8 Å². The molecule has 3 rings (SSSR count). The molecule has 4 nitrogen and oxygen atoms in total. The van der Waals surface area contributed by atoms with Gasteiger partial charge in [-0.1, -0.05) is 53.7 Å². The molecule has 0 fully saturated rings. The summed E-state index contributed by atoms with van der Waals surface area (Å²) in [4.78, 5) is 27.3. The Kier molecular flexibility index (Phi) is 6.15. The van der Waals surface area contributed by atoms with Crippen LogP contribution >= 0.6 is 11.3 Å². The summed E-state index contributed by atoms with van der Waals surface area (Å²) in [5.41, 5.74) is 3.31. The average molecular weight is 427 g/mol. The van der Waals surface area contributed by atoms with Crippen molar-refractivity contribution in [3.63, 3.8) is 0 Å². The SMILES string of the molecule is Cc1cccc(NC(=O)c2c(NC(=O)C(C)(C)C)sc3c2CC[C@H](C(C)(C)C)C3)c1. The van der Waals surface area contributed by atoms with Crippen molar-refractivity contribution in [3.05, 3.63) is 45.8 Å². The number of rotatable bonds is 3. The van der Waals surface area contributed by atoms with Crippen LogP contribution in [0.3, 0.4) is 0 Å². The molecule has 0 radical (unpaired) electrons. The van der Waals surface area contributed by atoms with Gasteiger partial charge in [0.15, 0.2) is 0 Å². The minimum atomic E-state index is -0.525. The molecule has 1 heterocycles. The van der Waals surface area contributed by atoms with Gasteiger partial charge in [-0.3, -0.25) is 9.59 Å². The molecule has 0 aliphatic heterocycles. The van der Waals surface area contributed by atoms with Crippen LogP contribution < -0.4 is 10.6 Å². The Balaban J connectivity index is 1.98. The van der Waals surface area contributed by atoms with E-state index in [1.807, 2.05) is 52.0 Å². The molecule has 2 amide bonds. The van der Waals surface area contributed by atoms with E-state index in [4.69, 9.17) is 0 Å². The molecule has 162 valence electrons. The van der Waals surface area contributed by atoms with Crippen molar-refractivity contribution in [3.8, 4) is 0 Å². The Labute approximate surface area is 184 Å². The van der Waals surface area contributed by atoms with E-state index in [0.29, 0.717) is 16.5 Å². The van der Waals surface area contributed by atoms with Gasteiger partial charge in [-0.15, -0.1) is 11.3 Å². The molecule has 1 atom stereocenters. The smallest absolute Gasteiger partial charge is 0.258 e. The highest BCUT2D eigenvalue weighted by Crippen LogP contribution is 2.44. The normalized spacial score (nSPS) is 16.7. The number of carbonyl (C=O) groups excluding carboxylic acids is 2. The fourth-order valence-electron chi connectivity index (χ4n) is 3.86. The highest BCUT2D eigenvalue weighted by atomic mass is 32.1. The van der Waals surface area contributed by atoms with Crippen LogP contribution in [-0.2, 0) is 17.6 Å². The first-order valence-electron chi connectivity index (χ1n) is 10.7. The van der Waals surface area contributed by atoms with Crippen molar-refractivity contribution in [2.75, 3.05) is 10.6 Å². The van der Waals surface area contributed by atoms with E-state index in [1.165, 1.54) is 4.88 Å². The van der Waals surface area contributed by atoms with Gasteiger partial charge in [0, 0.05) is 16.0 Å². The first-order chi connectivity index (χ1) is 13.9. The Morgan fingerprint density at radius 3 is 2.37 bits per heavy atom. The van der Waals surface area contributed by atoms with Gasteiger partial charge >= 0.3 is 0 Å². The maximum Gasteiger partial charge on any atom is 0.258 e. The quantitative estimate of drug-likeness (QED) is 0.593. The summed E-state index contributed by atoms with van der Waals surface area (Å²) >= 11 is 1.58. The number of anilines is 2. The zero-order valence-corrected chi connectivity index (χ0v) is 20.0. The lowest BCUT2D eigenvalue weighted by atomic mass is 9.72. The predicted molar refractivity (Wildman–Crippen MR) is 127 cm³/mol. The second kappa shape index (κ2) is 8.18. The summed E-state index contributed by atoms with van der Waals surface area (Å²) in [6, 6.07) is 7.79. The second-order valence-corrected chi connectivity index (χ2v) is 11.6. The molecule has 2 aromatic rings. The van der Waals surface area contributed by atoms with Crippen molar-refractivity contribution in [2.45, 2.75) is 67.7 Å². The first-order valence-corrected chi connectivity index (χ1v) is 11.5. The molecule has 0 bridgehead atoms. The third kappa shape index (κ3) is 4.94. The number of hydrogen-bond donors (Lipinski definition) is 2. The number of fused-ring (bicyclic) bond motifs is 1. The third-order valence-electron chi connectivity index (χ3n) is 5.90. The fourth-order valence-corrected chi connectivity index (χ4v) is 5.18. The van der Waals surface area contributed by atoms with Crippen molar-refractivity contribution < 1.29 is 9.59 Å². The third-order valence-corrected chi connectivity index (χ3v) is 7.07. The number of nitrogens with one attached hydrogen (secondary N) is 2. The molecule has 0 unspecified atom stereocenters. The Morgan fingerprint density at radius 2 is 1.77 bits per heavy atom. The van der Waals surface area contributed by atoms with Crippen LogP contribution in [0.2, 0.25) is 0 Å². The number of amides is 2. The lowest BCUT2D eigenvalue weighted by Crippen LogP contribution is -2.28. The first kappa shape index (κ1) is 22.5. The lowest BCUT2D eigenvalue weighted by Gasteiger charge is -2.33. The van der Waals surface area contributed by atoms with Gasteiger partial charge in [0.2, 0.25) is 5.91 Å². The zero-order chi connectivity index (χ0) is 22.3. The van der Waals surface area contributed by atoms with Gasteiger partial charge in [0.1, 0.15) is 5.00 Å². The molecule has 5 heteroatoms. The summed E-state index contributed by atoms with van der Waals surface area (Å²) in [5.74, 6) is 0.358. The largest absolute Gasteiger partial charge is 0.322 e. The predicted octanol–water partition coefficient (Wildman–Crippen LogP) is 6.44. The minimum Gasteiger partial charge on any atom is -0.322 e. The van der Waals surface area contributed by atoms with Crippen LogP contribution in [0.5, 0.6) is 0 Å². The molecule has 1 aromatic carbocycles. The van der Waals surface area contributed by atoms with E-state index in [2.05, 4.69) is 31.4 Å². The van der Waals surface area contributed by atoms with Gasteiger partial charge < -0.3 is 10.6 Å². The number of hydrogen-bond acceptors (Lipinski definition) is 3. The monoisotopic (exact) mass is 426 g/mol. The van der Waals surface area contributed by atoms with Crippen LogP contribution in [0.15, 0.2) is 24.3 Å². The van der Waals surface area contributed by atoms with Crippen LogP contribution in [-0.4, -0.2) is 11.8 Å². The van der Waals surface area contributed by atoms with E-state index < -0.39 is 5.41 Å². The van der Waals surface area contributed by atoms with Crippen LogP contribution in [0.25, 0.3) is 0 Å². The standard InChI is InChI=1S/C25H34N2O2S/c1-15-9-8-10-17(13-15)26-21(28)20-18-12-11-16(24(2,3)4)14-19(18)30-22(20)27-23(29)25(5,6)7/h8-10,13,16H,11-12,14H2,1-7H3,(H,26,28)(H,27,29)/t16-/m0/s1. The highest BCUT2D eigenvalue weighted by Gasteiger charge is 2.35. The number of thiophene rings is 1. The molecule has 1 aliphatic rings. The van der Waals surface area contributed by atoms with E-state index in [1.54, 1.807) is 11.3 Å². The van der Waals surface area contributed by atoms with E-state index in [-0.39, 0.29) is 17.2 Å². The molecule has 30 heavy (non-hydrogen) atoms. The highest BCUT2D eigenvalue weighted by molar-refractivity contribution is 7.17. The Hall–Kier alpha value is -2.14. The summed E-state index contributed by atoms with van der Waals surface area (Å²) in [7, 11) is 0. The Bertz CT molecular complexity index is 961. The Morgan fingerprint density at radius 1 is 1.07 bits per heavy atom. The minimum absolute atomic E-state index is 0.0712. The average Bonchev–Trinajstić information content (AvgIpc) is 2.97. The topological polar surface area (TPSA) is 58.2 Å².